The number of phenolic OH excluding ortho intramolecular Hbond substituents is 1. The molecule has 4 atom stereocenters. The van der Waals surface area contributed by atoms with Gasteiger partial charge in [-0.15, -0.1) is 0 Å². The van der Waals surface area contributed by atoms with Gasteiger partial charge >= 0.3 is 0 Å². The molecule has 0 aliphatic heterocycles. The molecule has 3 rings (SSSR count). The van der Waals surface area contributed by atoms with Crippen LogP contribution in [0.2, 0.25) is 0 Å². The summed E-state index contributed by atoms with van der Waals surface area (Å²) in [6.45, 7) is 8.18. The number of aliphatic hydroxyl groups excluding tert-OH is 1. The van der Waals surface area contributed by atoms with E-state index in [1.807, 2.05) is 19.0 Å². The normalized spacial score (nSPS) is 24.0. The third-order valence-electron chi connectivity index (χ3n) is 8.39. The van der Waals surface area contributed by atoms with Gasteiger partial charge in [-0.25, -0.2) is 0 Å². The molecule has 0 fully saturated rings. The van der Waals surface area contributed by atoms with Crippen molar-refractivity contribution in [3.05, 3.63) is 46.7 Å². The summed E-state index contributed by atoms with van der Waals surface area (Å²) in [4.78, 5) is 40.3. The monoisotopic (exact) mass is 511 g/mol. The highest BCUT2D eigenvalue weighted by molar-refractivity contribution is 6.03. The SMILES string of the molecule is C=C1C2=C(O)C(C)(C(=O)CC(N)=O)[C@H](C(CN)N(C)C)C[C@@H]2Cc2c(C(=O)CCCCC)ccc(O)c21. The van der Waals surface area contributed by atoms with Crippen molar-refractivity contribution in [3.63, 3.8) is 0 Å². The maximum atomic E-state index is 13.5. The molecule has 0 heterocycles. The smallest absolute Gasteiger partial charge is 0.224 e. The molecular formula is C29H41N3O5. The number of aliphatic hydroxyl groups is 1. The Morgan fingerprint density at radius 3 is 2.46 bits per heavy atom. The van der Waals surface area contributed by atoms with Crippen LogP contribution in [0.3, 0.4) is 0 Å². The molecule has 0 aromatic heterocycles. The molecule has 6 N–H and O–H groups in total. The number of amides is 1. The first-order valence-corrected chi connectivity index (χ1v) is 13.1. The number of nitrogens with zero attached hydrogens (tertiary/aromatic N) is 1. The van der Waals surface area contributed by atoms with Gasteiger partial charge in [0.2, 0.25) is 5.91 Å². The fourth-order valence-corrected chi connectivity index (χ4v) is 6.34. The summed E-state index contributed by atoms with van der Waals surface area (Å²) in [5, 5.41) is 22.6. The highest BCUT2D eigenvalue weighted by Crippen LogP contribution is 2.56. The lowest BCUT2D eigenvalue weighted by Crippen LogP contribution is -2.55. The van der Waals surface area contributed by atoms with Crippen LogP contribution in [0.4, 0.5) is 0 Å². The summed E-state index contributed by atoms with van der Waals surface area (Å²) in [6.07, 6.45) is 3.59. The maximum Gasteiger partial charge on any atom is 0.224 e. The lowest BCUT2D eigenvalue weighted by Gasteiger charge is -2.50. The lowest BCUT2D eigenvalue weighted by atomic mass is 9.56. The molecule has 1 aromatic carbocycles. The van der Waals surface area contributed by atoms with Crippen molar-refractivity contribution in [2.24, 2.45) is 28.7 Å². The third kappa shape index (κ3) is 5.09. The van der Waals surface area contributed by atoms with E-state index in [4.69, 9.17) is 11.5 Å². The highest BCUT2D eigenvalue weighted by Gasteiger charge is 2.55. The summed E-state index contributed by atoms with van der Waals surface area (Å²) in [6, 6.07) is 2.90. The first kappa shape index (κ1) is 28.6. The van der Waals surface area contributed by atoms with Crippen LogP contribution in [-0.2, 0) is 16.0 Å². The van der Waals surface area contributed by atoms with Crippen LogP contribution in [-0.4, -0.2) is 59.3 Å². The van der Waals surface area contributed by atoms with Crippen molar-refractivity contribution in [3.8, 4) is 5.75 Å². The number of Topliss-reactive ketones (excluding diaryl/α,β-unsaturated/α-hetero) is 2. The Morgan fingerprint density at radius 1 is 1.22 bits per heavy atom. The van der Waals surface area contributed by atoms with Crippen molar-refractivity contribution >= 4 is 23.0 Å². The van der Waals surface area contributed by atoms with Gasteiger partial charge in [-0.3, -0.25) is 14.4 Å². The summed E-state index contributed by atoms with van der Waals surface area (Å²) in [7, 11) is 3.74. The summed E-state index contributed by atoms with van der Waals surface area (Å²) < 4.78 is 0. The average Bonchev–Trinajstić information content (AvgIpc) is 2.81. The number of unbranched alkanes of at least 4 members (excludes halogenated alkanes) is 2. The molecule has 2 aliphatic carbocycles. The van der Waals surface area contributed by atoms with Gasteiger partial charge in [0.25, 0.3) is 0 Å². The first-order chi connectivity index (χ1) is 17.4. The fourth-order valence-electron chi connectivity index (χ4n) is 6.34. The van der Waals surface area contributed by atoms with Crippen molar-refractivity contribution in [1.29, 1.82) is 0 Å². The number of benzene rings is 1. The molecule has 8 heteroatoms. The second-order valence-corrected chi connectivity index (χ2v) is 10.9. The number of nitrogens with two attached hydrogens (primary N) is 2. The number of hydrogen-bond donors (Lipinski definition) is 4. The van der Waals surface area contributed by atoms with Crippen molar-refractivity contribution in [1.82, 2.24) is 4.90 Å². The zero-order valence-electron chi connectivity index (χ0n) is 22.5. The van der Waals surface area contributed by atoms with Gasteiger partial charge in [0.1, 0.15) is 11.5 Å². The number of hydrogen-bond acceptors (Lipinski definition) is 7. The molecule has 0 radical (unpaired) electrons. The number of primary amides is 1. The number of fused-ring (bicyclic) bond motifs is 2. The number of rotatable bonds is 11. The van der Waals surface area contributed by atoms with Crippen LogP contribution < -0.4 is 11.5 Å². The molecule has 0 saturated heterocycles. The Bertz CT molecular complexity index is 1140. The highest BCUT2D eigenvalue weighted by atomic mass is 16.3. The molecule has 1 aromatic rings. The largest absolute Gasteiger partial charge is 0.511 e. The number of carbonyl (C=O) groups is 3. The third-order valence-corrected chi connectivity index (χ3v) is 8.39. The number of aromatic hydroxyl groups is 1. The van der Waals surface area contributed by atoms with Crippen LogP contribution in [0.1, 0.15) is 73.9 Å². The minimum Gasteiger partial charge on any atom is -0.511 e. The van der Waals surface area contributed by atoms with Crippen LogP contribution in [0.15, 0.2) is 30.0 Å². The fraction of sp³-hybridized carbons (Fsp3) is 0.552. The summed E-state index contributed by atoms with van der Waals surface area (Å²) >= 11 is 0. The molecular weight excluding hydrogens is 470 g/mol. The van der Waals surface area contributed by atoms with Crippen molar-refractivity contribution < 1.29 is 24.6 Å². The zero-order chi connectivity index (χ0) is 27.7. The Hall–Kier alpha value is -2.97. The minimum absolute atomic E-state index is 0.0238. The van der Waals surface area contributed by atoms with Gasteiger partial charge < -0.3 is 26.6 Å². The standard InChI is InChI=1S/C29H41N3O5/c1-6-7-8-9-22(33)18-10-11-23(34)27-16(2)26-17(12-19(18)27)13-20(21(15-30)32(4)5)29(3,28(26)37)24(35)14-25(31)36/h10-11,17,20-21,34,37H,2,6-9,12-15,30H2,1,3-5H3,(H2,31,36)/t17-,20-,21?,29?/m0/s1. The molecule has 37 heavy (non-hydrogen) atoms. The van der Waals surface area contributed by atoms with Gasteiger partial charge in [0.05, 0.1) is 11.8 Å². The molecule has 0 bridgehead atoms. The van der Waals surface area contributed by atoms with E-state index in [1.165, 1.54) is 6.07 Å². The molecule has 2 unspecified atom stereocenters. The van der Waals surface area contributed by atoms with Gasteiger partial charge in [0.15, 0.2) is 11.6 Å². The van der Waals surface area contributed by atoms with E-state index >= 15 is 0 Å². The molecule has 202 valence electrons. The molecule has 1 amide bonds. The van der Waals surface area contributed by atoms with Gasteiger partial charge in [-0.1, -0.05) is 26.3 Å². The van der Waals surface area contributed by atoms with E-state index in [9.17, 15) is 24.6 Å². The Labute approximate surface area is 219 Å². The van der Waals surface area contributed by atoms with Crippen LogP contribution in [0.25, 0.3) is 5.57 Å². The Morgan fingerprint density at radius 2 is 1.89 bits per heavy atom. The second-order valence-electron chi connectivity index (χ2n) is 10.9. The summed E-state index contributed by atoms with van der Waals surface area (Å²) in [5.74, 6) is -2.05. The number of allylic oxidation sites excluding steroid dienone is 3. The van der Waals surface area contributed by atoms with Crippen LogP contribution >= 0.6 is 0 Å². The van der Waals surface area contributed by atoms with Crippen LogP contribution in [0.5, 0.6) is 5.75 Å². The van der Waals surface area contributed by atoms with Gasteiger partial charge in [-0.05, 0) is 75.4 Å². The van der Waals surface area contributed by atoms with E-state index in [0.717, 1.165) is 24.8 Å². The Kier molecular flexibility index (Phi) is 8.65. The van der Waals surface area contributed by atoms with E-state index in [0.29, 0.717) is 41.5 Å². The topological polar surface area (TPSA) is 147 Å². The predicted molar refractivity (Wildman–Crippen MR) is 144 cm³/mol. The number of ketones is 2. The number of phenols is 1. The summed E-state index contributed by atoms with van der Waals surface area (Å²) in [5.41, 5.74) is 12.7. The first-order valence-electron chi connectivity index (χ1n) is 13.1. The van der Waals surface area contributed by atoms with E-state index in [-0.39, 0.29) is 35.8 Å². The second kappa shape index (κ2) is 11.2. The number of carbonyl (C=O) groups excluding carboxylic acids is 3. The molecule has 0 saturated carbocycles. The van der Waals surface area contributed by atoms with Gasteiger partial charge in [-0.2, -0.15) is 0 Å². The van der Waals surface area contributed by atoms with Gasteiger partial charge in [0, 0.05) is 35.7 Å². The predicted octanol–water partition coefficient (Wildman–Crippen LogP) is 3.51. The lowest BCUT2D eigenvalue weighted by molar-refractivity contribution is -0.136. The van der Waals surface area contributed by atoms with E-state index in [1.54, 1.807) is 13.0 Å². The van der Waals surface area contributed by atoms with E-state index in [2.05, 4.69) is 13.5 Å². The number of likely N-dealkylation sites (N-methyl/N-ethyl adjacent to an activating group) is 1. The molecule has 0 spiro atoms. The Balaban J connectivity index is 2.19. The van der Waals surface area contributed by atoms with Crippen molar-refractivity contribution in [2.45, 2.75) is 64.8 Å². The zero-order valence-corrected chi connectivity index (χ0v) is 22.5. The average molecular weight is 512 g/mol. The maximum absolute atomic E-state index is 13.5. The minimum atomic E-state index is -1.42. The molecule has 2 aliphatic rings. The quantitative estimate of drug-likeness (QED) is 0.202. The van der Waals surface area contributed by atoms with Crippen LogP contribution in [0, 0.1) is 17.3 Å². The van der Waals surface area contributed by atoms with E-state index < -0.39 is 29.4 Å². The molecule has 8 nitrogen and oxygen atoms in total. The van der Waals surface area contributed by atoms with Crippen molar-refractivity contribution in [2.75, 3.05) is 20.6 Å².